The van der Waals surface area contributed by atoms with Crippen LogP contribution in [0, 0.1) is 0 Å². The van der Waals surface area contributed by atoms with Crippen LogP contribution in [0.5, 0.6) is 11.5 Å². The number of hydrogen-bond acceptors (Lipinski definition) is 4. The van der Waals surface area contributed by atoms with Crippen molar-refractivity contribution in [1.29, 1.82) is 0 Å². The Morgan fingerprint density at radius 3 is 1.09 bits per heavy atom. The van der Waals surface area contributed by atoms with Crippen LogP contribution in [0.2, 0.25) is 0 Å². The van der Waals surface area contributed by atoms with Crippen molar-refractivity contribution in [2.75, 3.05) is 13.2 Å². The fourth-order valence-corrected chi connectivity index (χ4v) is 7.81. The summed E-state index contributed by atoms with van der Waals surface area (Å²) >= 11 is 7.03. The molecule has 0 aliphatic carbocycles. The second-order valence-electron chi connectivity index (χ2n) is 11.7. The molecule has 7 heteroatoms. The van der Waals surface area contributed by atoms with Gasteiger partial charge in [0.15, 0.2) is 0 Å². The summed E-state index contributed by atoms with van der Waals surface area (Å²) in [7, 11) is -3.68. The highest BCUT2D eigenvalue weighted by atomic mass is 79.9. The van der Waals surface area contributed by atoms with Gasteiger partial charge in [0.1, 0.15) is 11.5 Å². The highest BCUT2D eigenvalue weighted by Crippen LogP contribution is 2.34. The number of benzene rings is 2. The van der Waals surface area contributed by atoms with Crippen LogP contribution >= 0.6 is 31.9 Å². The third kappa shape index (κ3) is 15.7. The largest absolute Gasteiger partial charge is 0.492 e. The third-order valence-electron chi connectivity index (χ3n) is 7.94. The second kappa shape index (κ2) is 23.3. The van der Waals surface area contributed by atoms with Gasteiger partial charge in [0.05, 0.1) is 32.0 Å². The minimum absolute atomic E-state index is 0.233. The molecule has 0 amide bonds. The van der Waals surface area contributed by atoms with E-state index < -0.39 is 9.84 Å². The van der Waals surface area contributed by atoms with E-state index in [2.05, 4.69) is 45.7 Å². The van der Waals surface area contributed by atoms with Crippen LogP contribution in [0.1, 0.15) is 142 Å². The van der Waals surface area contributed by atoms with E-state index in [9.17, 15) is 8.42 Å². The van der Waals surface area contributed by atoms with Crippen LogP contribution < -0.4 is 9.47 Å². The normalized spacial score (nSPS) is 11.6. The molecule has 0 radical (unpaired) electrons. The van der Waals surface area contributed by atoms with Crippen molar-refractivity contribution in [2.24, 2.45) is 0 Å². The van der Waals surface area contributed by atoms with Gasteiger partial charge in [-0.2, -0.15) is 0 Å². The SMILES string of the molecule is CCCCCCCCCCCCOc1ccc(S(=O)(=O)c2ccc(OCCCCCCCCCCCC)c(Br)c2)cc1Br. The van der Waals surface area contributed by atoms with Crippen molar-refractivity contribution < 1.29 is 17.9 Å². The maximum Gasteiger partial charge on any atom is 0.206 e. The summed E-state index contributed by atoms with van der Waals surface area (Å²) in [4.78, 5) is 0.466. The monoisotopic (exact) mass is 742 g/mol. The maximum absolute atomic E-state index is 13.4. The number of hydrogen-bond donors (Lipinski definition) is 0. The average molecular weight is 745 g/mol. The molecule has 0 N–H and O–H groups in total. The summed E-state index contributed by atoms with van der Waals surface area (Å²) < 4.78 is 39.9. The maximum atomic E-state index is 13.4. The predicted octanol–water partition coefficient (Wildman–Crippen LogP) is 12.6. The van der Waals surface area contributed by atoms with Crippen molar-refractivity contribution in [3.8, 4) is 11.5 Å². The van der Waals surface area contributed by atoms with E-state index in [0.717, 1.165) is 25.7 Å². The zero-order valence-electron chi connectivity index (χ0n) is 26.8. The minimum Gasteiger partial charge on any atom is -0.492 e. The van der Waals surface area contributed by atoms with E-state index in [1.54, 1.807) is 36.4 Å². The number of halogens is 2. The molecular formula is C36H56Br2O4S. The summed E-state index contributed by atoms with van der Waals surface area (Å²) in [5.74, 6) is 1.35. The fraction of sp³-hybridized carbons (Fsp3) is 0.667. The molecule has 2 rings (SSSR count). The van der Waals surface area contributed by atoms with Crippen LogP contribution in [-0.4, -0.2) is 21.6 Å². The molecule has 2 aromatic carbocycles. The molecule has 0 heterocycles. The van der Waals surface area contributed by atoms with E-state index in [1.807, 2.05) is 0 Å². The van der Waals surface area contributed by atoms with E-state index in [0.29, 0.717) is 33.7 Å². The smallest absolute Gasteiger partial charge is 0.206 e. The van der Waals surface area contributed by atoms with Crippen molar-refractivity contribution in [2.45, 2.75) is 152 Å². The number of ether oxygens (including phenoxy) is 2. The molecule has 0 aliphatic heterocycles. The fourth-order valence-electron chi connectivity index (χ4n) is 5.21. The minimum atomic E-state index is -3.68. The second-order valence-corrected chi connectivity index (χ2v) is 15.4. The first-order chi connectivity index (χ1) is 20.9. The molecule has 0 bridgehead atoms. The third-order valence-corrected chi connectivity index (χ3v) is 10.9. The highest BCUT2D eigenvalue weighted by molar-refractivity contribution is 9.11. The van der Waals surface area contributed by atoms with E-state index in [1.165, 1.54) is 103 Å². The van der Waals surface area contributed by atoms with Gasteiger partial charge < -0.3 is 9.47 Å². The van der Waals surface area contributed by atoms with Gasteiger partial charge >= 0.3 is 0 Å². The molecule has 4 nitrogen and oxygen atoms in total. The van der Waals surface area contributed by atoms with E-state index in [-0.39, 0.29) is 9.79 Å². The standard InChI is InChI=1S/C36H56Br2O4S/c1-3-5-7-9-11-13-15-17-19-21-27-41-35-25-23-31(29-33(35)37)43(39,40)32-24-26-36(34(38)30-32)42-28-22-20-18-16-14-12-10-8-6-4-2/h23-26,29-30H,3-22,27-28H2,1-2H3. The Morgan fingerprint density at radius 2 is 0.791 bits per heavy atom. The Kier molecular flexibility index (Phi) is 20.7. The molecule has 244 valence electrons. The summed E-state index contributed by atoms with van der Waals surface area (Å²) in [6, 6.07) is 9.99. The van der Waals surface area contributed by atoms with Gasteiger partial charge in [-0.1, -0.05) is 129 Å². The first-order valence-corrected chi connectivity index (χ1v) is 20.1. The van der Waals surface area contributed by atoms with Crippen LogP contribution in [-0.2, 0) is 9.84 Å². The summed E-state index contributed by atoms with van der Waals surface area (Å²) in [5.41, 5.74) is 0. The zero-order chi connectivity index (χ0) is 31.2. The van der Waals surface area contributed by atoms with E-state index in [4.69, 9.17) is 9.47 Å². The molecule has 2 aromatic rings. The van der Waals surface area contributed by atoms with Gasteiger partial charge in [0, 0.05) is 0 Å². The Bertz CT molecular complexity index is 1040. The van der Waals surface area contributed by atoms with E-state index >= 15 is 0 Å². The quantitative estimate of drug-likeness (QED) is 0.0900. The predicted molar refractivity (Wildman–Crippen MR) is 188 cm³/mol. The average Bonchev–Trinajstić information content (AvgIpc) is 2.99. The van der Waals surface area contributed by atoms with Crippen molar-refractivity contribution in [3.05, 3.63) is 45.3 Å². The van der Waals surface area contributed by atoms with Gasteiger partial charge in [-0.15, -0.1) is 0 Å². The molecule has 0 aliphatic rings. The van der Waals surface area contributed by atoms with Crippen molar-refractivity contribution in [1.82, 2.24) is 0 Å². The van der Waals surface area contributed by atoms with Gasteiger partial charge in [-0.25, -0.2) is 8.42 Å². The molecule has 43 heavy (non-hydrogen) atoms. The lowest BCUT2D eigenvalue weighted by atomic mass is 10.1. The Hall–Kier alpha value is -1.05. The highest BCUT2D eigenvalue weighted by Gasteiger charge is 2.20. The first kappa shape index (κ1) is 38.1. The molecular weight excluding hydrogens is 688 g/mol. The molecule has 0 fully saturated rings. The topological polar surface area (TPSA) is 52.6 Å². The molecule has 0 saturated heterocycles. The van der Waals surface area contributed by atoms with Crippen LogP contribution in [0.25, 0.3) is 0 Å². The van der Waals surface area contributed by atoms with Gasteiger partial charge in [0.2, 0.25) is 9.84 Å². The lowest BCUT2D eigenvalue weighted by molar-refractivity contribution is 0.302. The van der Waals surface area contributed by atoms with Crippen molar-refractivity contribution >= 4 is 41.7 Å². The van der Waals surface area contributed by atoms with Gasteiger partial charge in [-0.05, 0) is 81.1 Å². The summed E-state index contributed by atoms with van der Waals surface area (Å²) in [5, 5.41) is 0. The van der Waals surface area contributed by atoms with Crippen molar-refractivity contribution in [3.63, 3.8) is 0 Å². The number of unbranched alkanes of at least 4 members (excludes halogenated alkanes) is 18. The lowest BCUT2D eigenvalue weighted by Gasteiger charge is -2.12. The van der Waals surface area contributed by atoms with Crippen LogP contribution in [0.15, 0.2) is 55.1 Å². The van der Waals surface area contributed by atoms with Gasteiger partial charge in [-0.3, -0.25) is 0 Å². The molecule has 0 unspecified atom stereocenters. The lowest BCUT2D eigenvalue weighted by Crippen LogP contribution is -2.04. The molecule has 0 spiro atoms. The number of sulfone groups is 1. The van der Waals surface area contributed by atoms with Gasteiger partial charge in [0.25, 0.3) is 0 Å². The molecule has 0 saturated carbocycles. The Balaban J connectivity index is 1.71. The van der Waals surface area contributed by atoms with Crippen LogP contribution in [0.4, 0.5) is 0 Å². The molecule has 0 aromatic heterocycles. The van der Waals surface area contributed by atoms with Crippen LogP contribution in [0.3, 0.4) is 0 Å². The Morgan fingerprint density at radius 1 is 0.488 bits per heavy atom. The summed E-state index contributed by atoms with van der Waals surface area (Å²) in [6.45, 7) is 5.78. The first-order valence-electron chi connectivity index (χ1n) is 17.0. The number of rotatable bonds is 26. The summed E-state index contributed by atoms with van der Waals surface area (Å²) in [6.07, 6.45) is 25.6. The molecule has 0 atom stereocenters. The zero-order valence-corrected chi connectivity index (χ0v) is 30.8. The Labute approximate surface area is 280 Å².